The van der Waals surface area contributed by atoms with Crippen LogP contribution >= 0.6 is 0 Å². The van der Waals surface area contributed by atoms with E-state index in [0.29, 0.717) is 18.5 Å². The number of rotatable bonds is 3. The SMILES string of the molecule is O=C1CC(c2ccccc2)C2(C(=O)N(Cc3ccccc3)c3ccccc32)c2ccccc21. The lowest BCUT2D eigenvalue weighted by molar-refractivity contribution is -0.122. The largest absolute Gasteiger partial charge is 0.307 e. The number of amides is 1. The molecule has 160 valence electrons. The van der Waals surface area contributed by atoms with Crippen molar-refractivity contribution in [2.45, 2.75) is 24.3 Å². The summed E-state index contributed by atoms with van der Waals surface area (Å²) < 4.78 is 0. The number of hydrogen-bond donors (Lipinski definition) is 0. The first-order valence-corrected chi connectivity index (χ1v) is 11.3. The minimum absolute atomic E-state index is 0.0429. The van der Waals surface area contributed by atoms with Crippen molar-refractivity contribution in [1.82, 2.24) is 0 Å². The van der Waals surface area contributed by atoms with Crippen LogP contribution in [0.3, 0.4) is 0 Å². The normalized spacial score (nSPS) is 21.2. The molecule has 4 aromatic rings. The number of para-hydroxylation sites is 1. The molecular formula is C30H23NO2. The van der Waals surface area contributed by atoms with E-state index in [-0.39, 0.29) is 17.6 Å². The molecule has 0 radical (unpaired) electrons. The average molecular weight is 430 g/mol. The highest BCUT2D eigenvalue weighted by Crippen LogP contribution is 2.58. The van der Waals surface area contributed by atoms with Crippen LogP contribution in [0.25, 0.3) is 0 Å². The minimum atomic E-state index is -0.933. The van der Waals surface area contributed by atoms with Crippen LogP contribution in [0.5, 0.6) is 0 Å². The Labute approximate surface area is 193 Å². The summed E-state index contributed by atoms with van der Waals surface area (Å²) in [6, 6.07) is 35.9. The third kappa shape index (κ3) is 2.82. The molecule has 2 aliphatic rings. The number of carbonyl (C=O) groups excluding carboxylic acids is 2. The molecule has 1 aliphatic carbocycles. The zero-order chi connectivity index (χ0) is 22.4. The summed E-state index contributed by atoms with van der Waals surface area (Å²) in [7, 11) is 0. The topological polar surface area (TPSA) is 37.4 Å². The van der Waals surface area contributed by atoms with Crippen LogP contribution in [0.4, 0.5) is 5.69 Å². The van der Waals surface area contributed by atoms with Crippen molar-refractivity contribution >= 4 is 17.4 Å². The summed E-state index contributed by atoms with van der Waals surface area (Å²) in [6.45, 7) is 0.496. The maximum absolute atomic E-state index is 14.6. The number of hydrogen-bond acceptors (Lipinski definition) is 2. The van der Waals surface area contributed by atoms with E-state index in [4.69, 9.17) is 0 Å². The van der Waals surface area contributed by atoms with E-state index < -0.39 is 5.41 Å². The van der Waals surface area contributed by atoms with Crippen LogP contribution < -0.4 is 4.90 Å². The lowest BCUT2D eigenvalue weighted by atomic mass is 9.58. The van der Waals surface area contributed by atoms with Gasteiger partial charge in [0, 0.05) is 23.6 Å². The Morgan fingerprint density at radius 1 is 0.697 bits per heavy atom. The molecule has 33 heavy (non-hydrogen) atoms. The van der Waals surface area contributed by atoms with Crippen molar-refractivity contribution in [3.05, 3.63) is 137 Å². The molecule has 0 saturated heterocycles. The number of fused-ring (bicyclic) bond motifs is 4. The Bertz CT molecular complexity index is 1360. The van der Waals surface area contributed by atoms with Crippen LogP contribution in [0, 0.1) is 0 Å². The molecule has 0 fully saturated rings. The van der Waals surface area contributed by atoms with E-state index in [1.54, 1.807) is 0 Å². The molecule has 2 atom stereocenters. The van der Waals surface area contributed by atoms with Crippen LogP contribution in [-0.2, 0) is 16.8 Å². The van der Waals surface area contributed by atoms with Gasteiger partial charge < -0.3 is 4.90 Å². The molecular weight excluding hydrogens is 406 g/mol. The molecule has 3 heteroatoms. The summed E-state index contributed by atoms with van der Waals surface area (Å²) in [5, 5.41) is 0. The number of Topliss-reactive ketones (excluding diaryl/α,β-unsaturated/α-hetero) is 1. The Balaban J connectivity index is 1.63. The fraction of sp³-hybridized carbons (Fsp3) is 0.133. The summed E-state index contributed by atoms with van der Waals surface area (Å²) in [5.74, 6) is -0.131. The molecule has 4 aromatic carbocycles. The monoisotopic (exact) mass is 429 g/mol. The highest BCUT2D eigenvalue weighted by Gasteiger charge is 2.60. The van der Waals surface area contributed by atoms with E-state index in [9.17, 15) is 9.59 Å². The molecule has 1 heterocycles. The third-order valence-corrected chi connectivity index (χ3v) is 7.15. The second kappa shape index (κ2) is 7.56. The number of carbonyl (C=O) groups is 2. The van der Waals surface area contributed by atoms with Crippen molar-refractivity contribution in [2.24, 2.45) is 0 Å². The first-order chi connectivity index (χ1) is 16.2. The lowest BCUT2D eigenvalue weighted by Crippen LogP contribution is -2.49. The molecule has 0 N–H and O–H groups in total. The molecule has 6 rings (SSSR count). The van der Waals surface area contributed by atoms with Crippen LogP contribution in [0.1, 0.15) is 45.0 Å². The van der Waals surface area contributed by atoms with E-state index in [2.05, 4.69) is 6.07 Å². The fourth-order valence-electron chi connectivity index (χ4n) is 5.76. The van der Waals surface area contributed by atoms with Gasteiger partial charge >= 0.3 is 0 Å². The van der Waals surface area contributed by atoms with Gasteiger partial charge in [0.2, 0.25) is 5.91 Å². The second-order valence-corrected chi connectivity index (χ2v) is 8.84. The Morgan fingerprint density at radius 3 is 2.06 bits per heavy atom. The minimum Gasteiger partial charge on any atom is -0.307 e. The Hall–Kier alpha value is -3.98. The van der Waals surface area contributed by atoms with E-state index in [1.807, 2.05) is 108 Å². The van der Waals surface area contributed by atoms with Crippen molar-refractivity contribution < 1.29 is 9.59 Å². The second-order valence-electron chi connectivity index (χ2n) is 8.84. The van der Waals surface area contributed by atoms with Gasteiger partial charge in [-0.15, -0.1) is 0 Å². The number of nitrogens with zero attached hydrogens (tertiary/aromatic N) is 1. The number of benzene rings is 4. The molecule has 1 aliphatic heterocycles. The highest BCUT2D eigenvalue weighted by atomic mass is 16.2. The standard InChI is InChI=1S/C30H23NO2/c32-28-19-26(22-13-5-2-6-14-22)30(24-16-8-7-15-23(24)28)25-17-9-10-18-27(25)31(29(30)33)20-21-11-3-1-4-12-21/h1-18,26H,19-20H2. The van der Waals surface area contributed by atoms with Crippen LogP contribution in [-0.4, -0.2) is 11.7 Å². The summed E-state index contributed by atoms with van der Waals surface area (Å²) >= 11 is 0. The predicted molar refractivity (Wildman–Crippen MR) is 129 cm³/mol. The summed E-state index contributed by atoms with van der Waals surface area (Å²) in [4.78, 5) is 29.8. The fourth-order valence-corrected chi connectivity index (χ4v) is 5.76. The molecule has 3 nitrogen and oxygen atoms in total. The first-order valence-electron chi connectivity index (χ1n) is 11.3. The highest BCUT2D eigenvalue weighted by molar-refractivity contribution is 6.15. The van der Waals surface area contributed by atoms with Gasteiger partial charge in [0.15, 0.2) is 5.78 Å². The number of ketones is 1. The van der Waals surface area contributed by atoms with Crippen molar-refractivity contribution in [3.8, 4) is 0 Å². The Kier molecular flexibility index (Phi) is 4.51. The Morgan fingerprint density at radius 2 is 1.30 bits per heavy atom. The van der Waals surface area contributed by atoms with Crippen LogP contribution in [0.15, 0.2) is 109 Å². The zero-order valence-electron chi connectivity index (χ0n) is 18.1. The molecule has 0 saturated carbocycles. The van der Waals surface area contributed by atoms with Crippen molar-refractivity contribution in [1.29, 1.82) is 0 Å². The quantitative estimate of drug-likeness (QED) is 0.407. The maximum Gasteiger partial charge on any atom is 0.243 e. The predicted octanol–water partition coefficient (Wildman–Crippen LogP) is 5.89. The average Bonchev–Trinajstić information content (AvgIpc) is 3.11. The third-order valence-electron chi connectivity index (χ3n) is 7.15. The first kappa shape index (κ1) is 19.7. The molecule has 0 bridgehead atoms. The van der Waals surface area contributed by atoms with E-state index in [1.165, 1.54) is 0 Å². The molecule has 2 unspecified atom stereocenters. The lowest BCUT2D eigenvalue weighted by Gasteiger charge is -2.41. The molecule has 1 spiro atoms. The smallest absolute Gasteiger partial charge is 0.243 e. The summed E-state index contributed by atoms with van der Waals surface area (Å²) in [6.07, 6.45) is 0.306. The van der Waals surface area contributed by atoms with Crippen LogP contribution in [0.2, 0.25) is 0 Å². The summed E-state index contributed by atoms with van der Waals surface area (Å²) in [5.41, 5.74) is 4.56. The maximum atomic E-state index is 14.6. The van der Waals surface area contributed by atoms with Gasteiger partial charge in [0.1, 0.15) is 5.41 Å². The van der Waals surface area contributed by atoms with Crippen molar-refractivity contribution in [3.63, 3.8) is 0 Å². The van der Waals surface area contributed by atoms with Crippen molar-refractivity contribution in [2.75, 3.05) is 4.90 Å². The van der Waals surface area contributed by atoms with Gasteiger partial charge in [-0.2, -0.15) is 0 Å². The number of anilines is 1. The van der Waals surface area contributed by atoms with E-state index in [0.717, 1.165) is 27.9 Å². The van der Waals surface area contributed by atoms with Gasteiger partial charge in [-0.25, -0.2) is 0 Å². The van der Waals surface area contributed by atoms with Gasteiger partial charge in [-0.1, -0.05) is 103 Å². The molecule has 0 aromatic heterocycles. The molecule has 1 amide bonds. The van der Waals surface area contributed by atoms with Gasteiger partial charge in [-0.3, -0.25) is 9.59 Å². The van der Waals surface area contributed by atoms with Gasteiger partial charge in [-0.05, 0) is 28.3 Å². The zero-order valence-corrected chi connectivity index (χ0v) is 18.1. The van der Waals surface area contributed by atoms with Gasteiger partial charge in [0.25, 0.3) is 0 Å². The van der Waals surface area contributed by atoms with E-state index >= 15 is 0 Å². The van der Waals surface area contributed by atoms with Gasteiger partial charge in [0.05, 0.1) is 6.54 Å².